The number of aryl methyl sites for hydroxylation is 1. The average molecular weight is 421 g/mol. The lowest BCUT2D eigenvalue weighted by atomic mass is 9.86. The number of H-pyrrole nitrogens is 1. The number of aromatic amines is 1. The van der Waals surface area contributed by atoms with Gasteiger partial charge in [0.1, 0.15) is 0 Å². The maximum Gasteiger partial charge on any atom is 0.251 e. The maximum atomic E-state index is 12.6. The van der Waals surface area contributed by atoms with E-state index in [9.17, 15) is 4.79 Å². The zero-order chi connectivity index (χ0) is 22.6. The number of hydrogen-bond acceptors (Lipinski definition) is 2. The summed E-state index contributed by atoms with van der Waals surface area (Å²) < 4.78 is 2.30. The fraction of sp³-hybridized carbons (Fsp3) is 0.462. The minimum Gasteiger partial charge on any atom is -0.366 e. The quantitative estimate of drug-likeness (QED) is 0.445. The number of amides is 1. The lowest BCUT2D eigenvalue weighted by Crippen LogP contribution is -2.14. The molecule has 0 saturated heterocycles. The number of hydrogen-bond donors (Lipinski definition) is 2. The van der Waals surface area contributed by atoms with E-state index in [0.29, 0.717) is 5.56 Å². The third-order valence-electron chi connectivity index (χ3n) is 6.09. The van der Waals surface area contributed by atoms with Crippen LogP contribution in [0.4, 0.5) is 0 Å². The first-order chi connectivity index (χ1) is 14.7. The van der Waals surface area contributed by atoms with Crippen LogP contribution < -0.4 is 5.73 Å². The first-order valence-corrected chi connectivity index (χ1v) is 11.3. The van der Waals surface area contributed by atoms with Crippen molar-refractivity contribution in [2.24, 2.45) is 5.73 Å². The van der Waals surface area contributed by atoms with Crippen LogP contribution in [-0.4, -0.2) is 20.4 Å². The van der Waals surface area contributed by atoms with Crippen molar-refractivity contribution in [2.45, 2.75) is 78.7 Å². The van der Waals surface area contributed by atoms with Gasteiger partial charge in [0.2, 0.25) is 0 Å². The van der Waals surface area contributed by atoms with E-state index in [0.717, 1.165) is 54.7 Å². The summed E-state index contributed by atoms with van der Waals surface area (Å²) in [6.07, 6.45) is 8.74. The van der Waals surface area contributed by atoms with E-state index in [-0.39, 0.29) is 11.3 Å². The molecule has 5 heteroatoms. The third-order valence-corrected chi connectivity index (χ3v) is 6.09. The van der Waals surface area contributed by atoms with Crippen LogP contribution >= 0.6 is 0 Å². The number of primary amides is 1. The zero-order valence-corrected chi connectivity index (χ0v) is 19.6. The number of nitrogens with one attached hydrogen (secondary N) is 1. The molecule has 166 valence electrons. The first-order valence-electron chi connectivity index (χ1n) is 11.3. The fourth-order valence-corrected chi connectivity index (χ4v) is 4.31. The topological polar surface area (TPSA) is 76.7 Å². The molecule has 0 bridgehead atoms. The predicted molar refractivity (Wildman–Crippen MR) is 127 cm³/mol. The summed E-state index contributed by atoms with van der Waals surface area (Å²) in [5.41, 5.74) is 13.2. The van der Waals surface area contributed by atoms with Crippen molar-refractivity contribution in [1.82, 2.24) is 14.5 Å². The van der Waals surface area contributed by atoms with E-state index in [1.54, 1.807) is 6.33 Å². The smallest absolute Gasteiger partial charge is 0.251 e. The maximum absolute atomic E-state index is 12.6. The van der Waals surface area contributed by atoms with Gasteiger partial charge in [0, 0.05) is 41.8 Å². The summed E-state index contributed by atoms with van der Waals surface area (Å²) in [5, 5.41) is 0. The lowest BCUT2D eigenvalue weighted by molar-refractivity contribution is 0.1000. The number of carbonyl (C=O) groups is 1. The monoisotopic (exact) mass is 420 g/mol. The molecule has 1 aromatic carbocycles. The van der Waals surface area contributed by atoms with Crippen LogP contribution in [-0.2, 0) is 24.8 Å². The molecule has 3 aromatic rings. The normalized spacial score (nSPS) is 11.8. The van der Waals surface area contributed by atoms with Crippen LogP contribution in [0.5, 0.6) is 0 Å². The Hall–Kier alpha value is -2.82. The van der Waals surface area contributed by atoms with Crippen molar-refractivity contribution in [1.29, 1.82) is 0 Å². The molecule has 0 radical (unpaired) electrons. The Balaban J connectivity index is 2.10. The van der Waals surface area contributed by atoms with Crippen LogP contribution in [0.3, 0.4) is 0 Å². The molecule has 0 aliphatic heterocycles. The van der Waals surface area contributed by atoms with Crippen molar-refractivity contribution < 1.29 is 4.79 Å². The summed E-state index contributed by atoms with van der Waals surface area (Å²) in [5.74, 6) is -0.357. The van der Waals surface area contributed by atoms with Crippen molar-refractivity contribution in [2.75, 3.05) is 0 Å². The summed E-state index contributed by atoms with van der Waals surface area (Å²) in [7, 11) is 0. The summed E-state index contributed by atoms with van der Waals surface area (Å²) in [6.45, 7) is 11.7. The number of nitrogens with zero attached hydrogens (tertiary/aromatic N) is 2. The molecule has 2 heterocycles. The Morgan fingerprint density at radius 2 is 1.84 bits per heavy atom. The molecule has 0 aliphatic carbocycles. The number of aromatic nitrogens is 3. The Bertz CT molecular complexity index is 1010. The number of imidazole rings is 1. The highest BCUT2D eigenvalue weighted by Crippen LogP contribution is 2.35. The molecule has 5 nitrogen and oxygen atoms in total. The zero-order valence-electron chi connectivity index (χ0n) is 19.6. The molecule has 2 aromatic heterocycles. The second kappa shape index (κ2) is 9.54. The number of nitrogens with two attached hydrogens (primary N) is 1. The standard InChI is InChI=1S/C26H36N4O/c1-6-7-8-9-22-24(19-10-12-20(13-11-19)26(3,4)5)23(25(27)31)18(2)30(22)15-14-21-16-28-17-29-21/h10-13,16-17H,6-9,14-15H2,1-5H3,(H2,27,31)(H,28,29). The minimum atomic E-state index is -0.357. The summed E-state index contributed by atoms with van der Waals surface area (Å²) in [4.78, 5) is 19.9. The Labute approximate surface area is 186 Å². The van der Waals surface area contributed by atoms with Gasteiger partial charge >= 0.3 is 0 Å². The lowest BCUT2D eigenvalue weighted by Gasteiger charge is -2.19. The molecule has 0 atom stereocenters. The highest BCUT2D eigenvalue weighted by atomic mass is 16.1. The second-order valence-electron chi connectivity index (χ2n) is 9.41. The highest BCUT2D eigenvalue weighted by Gasteiger charge is 2.25. The Morgan fingerprint density at radius 3 is 2.39 bits per heavy atom. The van der Waals surface area contributed by atoms with Crippen molar-refractivity contribution in [3.63, 3.8) is 0 Å². The van der Waals surface area contributed by atoms with Gasteiger partial charge in [-0.3, -0.25) is 4.79 Å². The second-order valence-corrected chi connectivity index (χ2v) is 9.41. The number of carbonyl (C=O) groups excluding carboxylic acids is 1. The van der Waals surface area contributed by atoms with Crippen LogP contribution in [0.1, 0.15) is 80.0 Å². The predicted octanol–water partition coefficient (Wildman–Crippen LogP) is 5.56. The van der Waals surface area contributed by atoms with Crippen molar-refractivity contribution >= 4 is 5.91 Å². The number of benzene rings is 1. The van der Waals surface area contributed by atoms with Crippen LogP contribution in [0.2, 0.25) is 0 Å². The fourth-order valence-electron chi connectivity index (χ4n) is 4.31. The van der Waals surface area contributed by atoms with Crippen LogP contribution in [0.15, 0.2) is 36.8 Å². The molecule has 3 rings (SSSR count). The molecular formula is C26H36N4O. The molecule has 0 fully saturated rings. The largest absolute Gasteiger partial charge is 0.366 e. The minimum absolute atomic E-state index is 0.0843. The first kappa shape index (κ1) is 22.9. The molecule has 0 saturated carbocycles. The molecule has 0 unspecified atom stereocenters. The molecule has 3 N–H and O–H groups in total. The van der Waals surface area contributed by atoms with E-state index in [4.69, 9.17) is 5.73 Å². The van der Waals surface area contributed by atoms with Gasteiger partial charge in [-0.2, -0.15) is 0 Å². The molecular weight excluding hydrogens is 384 g/mol. The van der Waals surface area contributed by atoms with Crippen LogP contribution in [0.25, 0.3) is 11.1 Å². The number of rotatable bonds is 9. The van der Waals surface area contributed by atoms with Gasteiger partial charge in [-0.1, -0.05) is 64.8 Å². The average Bonchev–Trinajstić information content (AvgIpc) is 3.32. The number of unbranched alkanes of at least 4 members (excludes halogenated alkanes) is 2. The summed E-state index contributed by atoms with van der Waals surface area (Å²) >= 11 is 0. The van der Waals surface area contributed by atoms with Crippen molar-refractivity contribution in [3.05, 3.63) is 65.0 Å². The van der Waals surface area contributed by atoms with Gasteiger partial charge in [0.05, 0.1) is 11.9 Å². The van der Waals surface area contributed by atoms with Gasteiger partial charge in [0.15, 0.2) is 0 Å². The van der Waals surface area contributed by atoms with Crippen LogP contribution in [0, 0.1) is 6.92 Å². The SMILES string of the molecule is CCCCCc1c(-c2ccc(C(C)(C)C)cc2)c(C(N)=O)c(C)n1CCc1cnc[nH]1. The van der Waals surface area contributed by atoms with E-state index in [2.05, 4.69) is 66.5 Å². The summed E-state index contributed by atoms with van der Waals surface area (Å²) in [6, 6.07) is 8.63. The van der Waals surface area contributed by atoms with Gasteiger partial charge in [-0.15, -0.1) is 0 Å². The Kier molecular flexibility index (Phi) is 7.04. The van der Waals surface area contributed by atoms with Gasteiger partial charge < -0.3 is 15.3 Å². The van der Waals surface area contributed by atoms with E-state index >= 15 is 0 Å². The van der Waals surface area contributed by atoms with E-state index in [1.807, 2.05) is 13.1 Å². The molecule has 0 spiro atoms. The highest BCUT2D eigenvalue weighted by molar-refractivity contribution is 6.02. The molecule has 31 heavy (non-hydrogen) atoms. The molecule has 0 aliphatic rings. The van der Waals surface area contributed by atoms with Gasteiger partial charge in [-0.05, 0) is 36.3 Å². The Morgan fingerprint density at radius 1 is 1.13 bits per heavy atom. The van der Waals surface area contributed by atoms with Crippen molar-refractivity contribution in [3.8, 4) is 11.1 Å². The third kappa shape index (κ3) is 5.09. The molecule has 1 amide bonds. The van der Waals surface area contributed by atoms with Gasteiger partial charge in [-0.25, -0.2) is 4.98 Å². The van der Waals surface area contributed by atoms with Gasteiger partial charge in [0.25, 0.3) is 5.91 Å². The van der Waals surface area contributed by atoms with E-state index < -0.39 is 0 Å². The van der Waals surface area contributed by atoms with E-state index in [1.165, 1.54) is 17.7 Å².